The lowest BCUT2D eigenvalue weighted by atomic mass is 9.97. The van der Waals surface area contributed by atoms with Gasteiger partial charge < -0.3 is 11.5 Å². The van der Waals surface area contributed by atoms with Gasteiger partial charge in [-0.3, -0.25) is 4.99 Å². The van der Waals surface area contributed by atoms with E-state index in [0.717, 1.165) is 10.7 Å². The van der Waals surface area contributed by atoms with Gasteiger partial charge in [-0.15, -0.1) is 0 Å². The van der Waals surface area contributed by atoms with Crippen molar-refractivity contribution < 1.29 is 4.39 Å². The summed E-state index contributed by atoms with van der Waals surface area (Å²) in [5, 5.41) is 0.789. The Morgan fingerprint density at radius 1 is 1.17 bits per heavy atom. The van der Waals surface area contributed by atoms with Crippen LogP contribution in [0.25, 0.3) is 0 Å². The number of nitrogen functional groups attached to an aromatic ring is 2. The van der Waals surface area contributed by atoms with Gasteiger partial charge in [0.2, 0.25) is 5.95 Å². The summed E-state index contributed by atoms with van der Waals surface area (Å²) >= 11 is 1.59. The van der Waals surface area contributed by atoms with Crippen molar-refractivity contribution in [2.24, 2.45) is 10.4 Å². The lowest BCUT2D eigenvalue weighted by Gasteiger charge is -2.19. The smallest absolute Gasteiger partial charge is 0.220 e. The average Bonchev–Trinajstić information content (AvgIpc) is 2.95. The molecule has 2 unspecified atom stereocenters. The summed E-state index contributed by atoms with van der Waals surface area (Å²) in [6.45, 7) is 6.26. The molecule has 1 aromatic carbocycles. The Balaban J connectivity index is 2.10. The monoisotopic (exact) mass is 345 g/mol. The molecular formula is C17H20FN5S. The van der Waals surface area contributed by atoms with Crippen molar-refractivity contribution in [1.82, 2.24) is 9.97 Å². The molecule has 5 nitrogen and oxygen atoms in total. The predicted molar refractivity (Wildman–Crippen MR) is 97.2 cm³/mol. The van der Waals surface area contributed by atoms with Crippen LogP contribution in [0.3, 0.4) is 0 Å². The Morgan fingerprint density at radius 2 is 1.92 bits per heavy atom. The molecule has 0 spiro atoms. The van der Waals surface area contributed by atoms with Crippen LogP contribution < -0.4 is 11.5 Å². The van der Waals surface area contributed by atoms with Crippen molar-refractivity contribution in [3.05, 3.63) is 47.5 Å². The average molecular weight is 345 g/mol. The van der Waals surface area contributed by atoms with Crippen LogP contribution in [0, 0.1) is 11.2 Å². The Hall–Kier alpha value is -2.15. The van der Waals surface area contributed by atoms with Gasteiger partial charge in [-0.1, -0.05) is 44.7 Å². The summed E-state index contributed by atoms with van der Waals surface area (Å²) in [4.78, 5) is 13.1. The van der Waals surface area contributed by atoms with Crippen molar-refractivity contribution in [3.63, 3.8) is 0 Å². The Labute approximate surface area is 144 Å². The van der Waals surface area contributed by atoms with E-state index in [1.807, 2.05) is 0 Å². The third-order valence-corrected chi connectivity index (χ3v) is 5.48. The molecule has 7 heteroatoms. The second-order valence-corrected chi connectivity index (χ2v) is 7.89. The fraction of sp³-hybridized carbons (Fsp3) is 0.353. The van der Waals surface area contributed by atoms with E-state index in [2.05, 4.69) is 30.7 Å². The van der Waals surface area contributed by atoms with Crippen LogP contribution in [0.15, 0.2) is 35.5 Å². The van der Waals surface area contributed by atoms with Crippen molar-refractivity contribution in [2.45, 2.75) is 32.1 Å². The van der Waals surface area contributed by atoms with Gasteiger partial charge in [0.15, 0.2) is 5.82 Å². The Bertz CT molecular complexity index is 800. The molecule has 0 saturated heterocycles. The highest BCUT2D eigenvalue weighted by Crippen LogP contribution is 2.52. The minimum absolute atomic E-state index is 0.123. The highest BCUT2D eigenvalue weighted by atomic mass is 32.2. The maximum atomic E-state index is 14.6. The summed E-state index contributed by atoms with van der Waals surface area (Å²) in [6.07, 6.45) is 1.61. The van der Waals surface area contributed by atoms with Gasteiger partial charge in [-0.2, -0.15) is 0 Å². The zero-order valence-corrected chi connectivity index (χ0v) is 14.6. The molecule has 4 N–H and O–H groups in total. The van der Waals surface area contributed by atoms with E-state index in [1.165, 1.54) is 0 Å². The van der Waals surface area contributed by atoms with E-state index in [-0.39, 0.29) is 22.3 Å². The molecule has 3 rings (SSSR count). The molecule has 0 fully saturated rings. The quantitative estimate of drug-likeness (QED) is 0.809. The fourth-order valence-corrected chi connectivity index (χ4v) is 3.93. The summed E-state index contributed by atoms with van der Waals surface area (Å²) in [5.74, 6) is -0.224. The summed E-state index contributed by atoms with van der Waals surface area (Å²) in [7, 11) is 0. The molecule has 0 aliphatic carbocycles. The van der Waals surface area contributed by atoms with Crippen molar-refractivity contribution >= 4 is 28.4 Å². The zero-order valence-electron chi connectivity index (χ0n) is 13.8. The highest BCUT2D eigenvalue weighted by molar-refractivity contribution is 8.14. The number of aromatic nitrogens is 2. The van der Waals surface area contributed by atoms with Crippen LogP contribution in [0.1, 0.15) is 43.3 Å². The van der Waals surface area contributed by atoms with Crippen molar-refractivity contribution in [3.8, 4) is 0 Å². The number of hydrogen-bond donors (Lipinski definition) is 2. The number of halogens is 1. The van der Waals surface area contributed by atoms with Crippen LogP contribution in [-0.4, -0.2) is 15.0 Å². The third-order valence-electron chi connectivity index (χ3n) is 3.79. The van der Waals surface area contributed by atoms with Gasteiger partial charge in [0.1, 0.15) is 0 Å². The molecule has 2 aromatic rings. The molecular weight excluding hydrogens is 325 g/mol. The number of thioether (sulfide) groups is 1. The van der Waals surface area contributed by atoms with Crippen LogP contribution in [0.2, 0.25) is 0 Å². The molecule has 1 aliphatic rings. The molecule has 0 radical (unpaired) electrons. The van der Waals surface area contributed by atoms with E-state index in [4.69, 9.17) is 16.5 Å². The van der Waals surface area contributed by atoms with Crippen molar-refractivity contribution in [2.75, 3.05) is 11.5 Å². The maximum Gasteiger partial charge on any atom is 0.220 e. The molecule has 126 valence electrons. The first-order valence-electron chi connectivity index (χ1n) is 7.64. The number of rotatable bonds is 2. The lowest BCUT2D eigenvalue weighted by Crippen LogP contribution is -2.15. The van der Waals surface area contributed by atoms with Gasteiger partial charge in [0.05, 0.1) is 27.7 Å². The number of nitrogens with zero attached hydrogens (tertiary/aromatic N) is 3. The molecule has 1 aromatic heterocycles. The molecule has 0 bridgehead atoms. The topological polar surface area (TPSA) is 90.2 Å². The van der Waals surface area contributed by atoms with E-state index in [9.17, 15) is 4.39 Å². The second-order valence-electron chi connectivity index (χ2n) is 6.76. The predicted octanol–water partition coefficient (Wildman–Crippen LogP) is 3.75. The molecule has 1 aliphatic heterocycles. The summed E-state index contributed by atoms with van der Waals surface area (Å²) in [6, 6.07) is 6.42. The number of hydrogen-bond acceptors (Lipinski definition) is 6. The van der Waals surface area contributed by atoms with Gasteiger partial charge >= 0.3 is 0 Å². The fourth-order valence-electron chi connectivity index (χ4n) is 2.58. The first-order chi connectivity index (χ1) is 11.3. The maximum absolute atomic E-state index is 14.6. The van der Waals surface area contributed by atoms with Gasteiger partial charge in [0.25, 0.3) is 0 Å². The standard InChI is InChI=1S/C17H20FN5S/c1-17(2,3)15-23-13(9-5-4-6-10(19)12(9)18)14(24-15)11-7-8-21-16(20)22-11/h4-8,13-14H,19H2,1-3H3,(H2,20,21,22). The first-order valence-corrected chi connectivity index (χ1v) is 8.52. The molecule has 2 atom stereocenters. The molecule has 2 heterocycles. The Kier molecular flexibility index (Phi) is 4.21. The van der Waals surface area contributed by atoms with Crippen LogP contribution >= 0.6 is 11.8 Å². The Morgan fingerprint density at radius 3 is 2.58 bits per heavy atom. The SMILES string of the molecule is CC(C)(C)C1=NC(c2cccc(N)c2F)C(c2ccnc(N)n2)S1. The number of nitrogens with two attached hydrogens (primary N) is 2. The van der Waals surface area contributed by atoms with Crippen LogP contribution in [0.5, 0.6) is 0 Å². The third kappa shape index (κ3) is 3.08. The number of benzene rings is 1. The molecule has 0 saturated carbocycles. The summed E-state index contributed by atoms with van der Waals surface area (Å²) < 4.78 is 14.6. The zero-order chi connectivity index (χ0) is 17.5. The van der Waals surface area contributed by atoms with Crippen LogP contribution in [-0.2, 0) is 0 Å². The second kappa shape index (κ2) is 6.05. The summed E-state index contributed by atoms with van der Waals surface area (Å²) in [5.41, 5.74) is 12.7. The largest absolute Gasteiger partial charge is 0.396 e. The highest BCUT2D eigenvalue weighted by Gasteiger charge is 2.39. The minimum atomic E-state index is -0.422. The lowest BCUT2D eigenvalue weighted by molar-refractivity contribution is 0.572. The molecule has 24 heavy (non-hydrogen) atoms. The van der Waals surface area contributed by atoms with E-state index in [1.54, 1.807) is 42.2 Å². The minimum Gasteiger partial charge on any atom is -0.396 e. The normalized spacial score (nSPS) is 20.9. The van der Waals surface area contributed by atoms with Gasteiger partial charge in [-0.25, -0.2) is 14.4 Å². The van der Waals surface area contributed by atoms with Crippen molar-refractivity contribution in [1.29, 1.82) is 0 Å². The first kappa shape index (κ1) is 16.7. The number of aliphatic imine (C=N–C) groups is 1. The van der Waals surface area contributed by atoms with Gasteiger partial charge in [-0.05, 0) is 12.1 Å². The van der Waals surface area contributed by atoms with E-state index >= 15 is 0 Å². The number of anilines is 2. The van der Waals surface area contributed by atoms with E-state index in [0.29, 0.717) is 5.56 Å². The van der Waals surface area contributed by atoms with Gasteiger partial charge in [0, 0.05) is 17.2 Å². The molecule has 0 amide bonds. The van der Waals surface area contributed by atoms with E-state index < -0.39 is 11.9 Å². The van der Waals surface area contributed by atoms with Crippen LogP contribution in [0.4, 0.5) is 16.0 Å².